The Morgan fingerprint density at radius 1 is 1.05 bits per heavy atom. The lowest BCUT2D eigenvalue weighted by atomic mass is 10.1. The molecule has 0 saturated carbocycles. The zero-order valence-corrected chi connectivity index (χ0v) is 13.7. The van der Waals surface area contributed by atoms with Gasteiger partial charge >= 0.3 is 0 Å². The average molecular weight is 350 g/mol. The standard InChI is InChI=1S/C17H20BrNO2/c1-20-17-11-13(5-3-9-19)7-8-16(17)21-12-14-4-2-6-15(18)10-14/h2,4,6-8,10-11H,3,5,9,12,19H2,1H3. The van der Waals surface area contributed by atoms with Gasteiger partial charge in [0.1, 0.15) is 6.61 Å². The fraction of sp³-hybridized carbons (Fsp3) is 0.294. The zero-order valence-electron chi connectivity index (χ0n) is 12.1. The summed E-state index contributed by atoms with van der Waals surface area (Å²) in [5, 5.41) is 0. The highest BCUT2D eigenvalue weighted by Crippen LogP contribution is 2.29. The van der Waals surface area contributed by atoms with E-state index in [9.17, 15) is 0 Å². The molecule has 3 nitrogen and oxygen atoms in total. The van der Waals surface area contributed by atoms with Gasteiger partial charge in [0.2, 0.25) is 0 Å². The number of benzene rings is 2. The smallest absolute Gasteiger partial charge is 0.161 e. The first-order valence-corrected chi connectivity index (χ1v) is 7.76. The predicted octanol–water partition coefficient (Wildman–Crippen LogP) is 3.93. The van der Waals surface area contributed by atoms with E-state index in [1.165, 1.54) is 5.56 Å². The van der Waals surface area contributed by atoms with Crippen LogP contribution >= 0.6 is 15.9 Å². The first-order valence-electron chi connectivity index (χ1n) is 6.97. The monoisotopic (exact) mass is 349 g/mol. The Hall–Kier alpha value is -1.52. The molecule has 0 amide bonds. The van der Waals surface area contributed by atoms with Gasteiger partial charge in [-0.15, -0.1) is 0 Å². The van der Waals surface area contributed by atoms with Gasteiger partial charge in [0.25, 0.3) is 0 Å². The summed E-state index contributed by atoms with van der Waals surface area (Å²) in [5.74, 6) is 1.52. The summed E-state index contributed by atoms with van der Waals surface area (Å²) >= 11 is 3.46. The lowest BCUT2D eigenvalue weighted by Gasteiger charge is -2.12. The SMILES string of the molecule is COc1cc(CCCN)ccc1OCc1cccc(Br)c1. The third-order valence-corrected chi connectivity index (χ3v) is 3.67. The number of rotatable bonds is 7. The molecule has 0 saturated heterocycles. The molecule has 2 rings (SSSR count). The summed E-state index contributed by atoms with van der Waals surface area (Å²) in [6, 6.07) is 14.1. The Morgan fingerprint density at radius 3 is 2.62 bits per heavy atom. The molecule has 0 aliphatic rings. The molecule has 0 radical (unpaired) electrons. The molecule has 0 spiro atoms. The van der Waals surface area contributed by atoms with E-state index in [4.69, 9.17) is 15.2 Å². The quantitative estimate of drug-likeness (QED) is 0.823. The number of halogens is 1. The molecule has 21 heavy (non-hydrogen) atoms. The lowest BCUT2D eigenvalue weighted by Crippen LogP contribution is -2.01. The molecule has 0 unspecified atom stereocenters. The van der Waals surface area contributed by atoms with Crippen LogP contribution in [0.2, 0.25) is 0 Å². The van der Waals surface area contributed by atoms with Gasteiger partial charge in [0.05, 0.1) is 7.11 Å². The number of aryl methyl sites for hydroxylation is 1. The molecule has 0 aromatic heterocycles. The lowest BCUT2D eigenvalue weighted by molar-refractivity contribution is 0.284. The molecule has 112 valence electrons. The second-order valence-electron chi connectivity index (χ2n) is 4.80. The molecular formula is C17H20BrNO2. The number of methoxy groups -OCH3 is 1. The Bertz CT molecular complexity index is 587. The Kier molecular flexibility index (Phi) is 6.08. The molecule has 2 aromatic carbocycles. The van der Waals surface area contributed by atoms with Crippen molar-refractivity contribution in [2.24, 2.45) is 5.73 Å². The highest BCUT2D eigenvalue weighted by atomic mass is 79.9. The largest absolute Gasteiger partial charge is 0.493 e. The predicted molar refractivity (Wildman–Crippen MR) is 88.8 cm³/mol. The number of ether oxygens (including phenoxy) is 2. The summed E-state index contributed by atoms with van der Waals surface area (Å²) in [4.78, 5) is 0. The molecule has 0 bridgehead atoms. The molecule has 0 aliphatic heterocycles. The van der Waals surface area contributed by atoms with Crippen LogP contribution in [0.1, 0.15) is 17.5 Å². The second kappa shape index (κ2) is 8.05. The van der Waals surface area contributed by atoms with Crippen molar-refractivity contribution in [1.29, 1.82) is 0 Å². The molecule has 0 atom stereocenters. The van der Waals surface area contributed by atoms with Crippen LogP contribution in [0.3, 0.4) is 0 Å². The van der Waals surface area contributed by atoms with Crippen LogP contribution in [0, 0.1) is 0 Å². The van der Waals surface area contributed by atoms with Gasteiger partial charge in [-0.25, -0.2) is 0 Å². The van der Waals surface area contributed by atoms with Crippen molar-refractivity contribution >= 4 is 15.9 Å². The van der Waals surface area contributed by atoms with E-state index in [2.05, 4.69) is 22.0 Å². The van der Waals surface area contributed by atoms with Gasteiger partial charge in [-0.2, -0.15) is 0 Å². The van der Waals surface area contributed by atoms with Crippen molar-refractivity contribution in [3.63, 3.8) is 0 Å². The third kappa shape index (κ3) is 4.76. The van der Waals surface area contributed by atoms with Crippen LogP contribution in [0.15, 0.2) is 46.9 Å². The van der Waals surface area contributed by atoms with E-state index < -0.39 is 0 Å². The number of nitrogens with two attached hydrogens (primary N) is 1. The minimum atomic E-state index is 0.512. The van der Waals surface area contributed by atoms with Crippen LogP contribution in [0.25, 0.3) is 0 Å². The van der Waals surface area contributed by atoms with E-state index in [-0.39, 0.29) is 0 Å². The molecule has 0 aliphatic carbocycles. The Morgan fingerprint density at radius 2 is 1.90 bits per heavy atom. The zero-order chi connectivity index (χ0) is 15.1. The van der Waals surface area contributed by atoms with Gasteiger partial charge in [0.15, 0.2) is 11.5 Å². The van der Waals surface area contributed by atoms with Crippen LogP contribution in [0.5, 0.6) is 11.5 Å². The van der Waals surface area contributed by atoms with Crippen molar-refractivity contribution in [3.05, 3.63) is 58.1 Å². The van der Waals surface area contributed by atoms with Crippen molar-refractivity contribution in [2.45, 2.75) is 19.4 Å². The van der Waals surface area contributed by atoms with Crippen molar-refractivity contribution in [1.82, 2.24) is 0 Å². The van der Waals surface area contributed by atoms with Gasteiger partial charge in [-0.05, 0) is 54.8 Å². The Balaban J connectivity index is 2.05. The summed E-state index contributed by atoms with van der Waals surface area (Å²) in [6.07, 6.45) is 1.93. The van der Waals surface area contributed by atoms with Crippen molar-refractivity contribution < 1.29 is 9.47 Å². The van der Waals surface area contributed by atoms with Crippen molar-refractivity contribution in [3.8, 4) is 11.5 Å². The van der Waals surface area contributed by atoms with E-state index in [0.717, 1.165) is 34.4 Å². The van der Waals surface area contributed by atoms with Crippen LogP contribution in [-0.4, -0.2) is 13.7 Å². The molecule has 2 aromatic rings. The normalized spacial score (nSPS) is 10.4. The first-order chi connectivity index (χ1) is 10.2. The summed E-state index contributed by atoms with van der Waals surface area (Å²) in [7, 11) is 1.66. The minimum absolute atomic E-state index is 0.512. The molecule has 0 heterocycles. The van der Waals surface area contributed by atoms with Crippen LogP contribution < -0.4 is 15.2 Å². The van der Waals surface area contributed by atoms with Crippen molar-refractivity contribution in [2.75, 3.05) is 13.7 Å². The highest BCUT2D eigenvalue weighted by molar-refractivity contribution is 9.10. The summed E-state index contributed by atoms with van der Waals surface area (Å²) in [6.45, 7) is 1.21. The first kappa shape index (κ1) is 15.9. The van der Waals surface area contributed by atoms with Gasteiger partial charge in [-0.3, -0.25) is 0 Å². The topological polar surface area (TPSA) is 44.5 Å². The molecule has 4 heteroatoms. The minimum Gasteiger partial charge on any atom is -0.493 e. The second-order valence-corrected chi connectivity index (χ2v) is 5.71. The van der Waals surface area contributed by atoms with Crippen LogP contribution in [0.4, 0.5) is 0 Å². The fourth-order valence-electron chi connectivity index (χ4n) is 2.08. The molecule has 2 N–H and O–H groups in total. The van der Waals surface area contributed by atoms with E-state index in [1.54, 1.807) is 7.11 Å². The highest BCUT2D eigenvalue weighted by Gasteiger charge is 2.06. The molecular weight excluding hydrogens is 330 g/mol. The summed E-state index contributed by atoms with van der Waals surface area (Å²) in [5.41, 5.74) is 7.87. The summed E-state index contributed by atoms with van der Waals surface area (Å²) < 4.78 is 12.3. The Labute approximate surface area is 134 Å². The maximum atomic E-state index is 5.86. The number of hydrogen-bond acceptors (Lipinski definition) is 3. The van der Waals surface area contributed by atoms with E-state index in [1.807, 2.05) is 36.4 Å². The van der Waals surface area contributed by atoms with Gasteiger partial charge in [-0.1, -0.05) is 34.1 Å². The van der Waals surface area contributed by atoms with E-state index >= 15 is 0 Å². The van der Waals surface area contributed by atoms with E-state index in [0.29, 0.717) is 13.2 Å². The average Bonchev–Trinajstić information content (AvgIpc) is 2.51. The number of hydrogen-bond donors (Lipinski definition) is 1. The van der Waals surface area contributed by atoms with Gasteiger partial charge < -0.3 is 15.2 Å². The maximum Gasteiger partial charge on any atom is 0.161 e. The van der Waals surface area contributed by atoms with Gasteiger partial charge in [0, 0.05) is 4.47 Å². The van der Waals surface area contributed by atoms with Crippen LogP contribution in [-0.2, 0) is 13.0 Å². The third-order valence-electron chi connectivity index (χ3n) is 3.18. The maximum absolute atomic E-state index is 5.86. The molecule has 0 fully saturated rings. The fourth-order valence-corrected chi connectivity index (χ4v) is 2.53.